The highest BCUT2D eigenvalue weighted by Crippen LogP contribution is 2.39. The second kappa shape index (κ2) is 4.87. The fraction of sp³-hybridized carbons (Fsp3) is 0.250. The maximum atomic E-state index is 5.51. The number of methoxy groups -OCH3 is 3. The van der Waals surface area contributed by atoms with Gasteiger partial charge in [-0.1, -0.05) is 5.16 Å². The monoisotopic (exact) mass is 250 g/mol. The molecule has 0 unspecified atom stereocenters. The first-order chi connectivity index (χ1) is 8.69. The van der Waals surface area contributed by atoms with Crippen LogP contribution >= 0.6 is 0 Å². The number of ether oxygens (including phenoxy) is 3. The maximum absolute atomic E-state index is 5.51. The van der Waals surface area contributed by atoms with Gasteiger partial charge in [-0.15, -0.1) is 0 Å². The number of anilines is 1. The third-order valence-corrected chi connectivity index (χ3v) is 2.51. The van der Waals surface area contributed by atoms with Crippen LogP contribution in [0.3, 0.4) is 0 Å². The minimum absolute atomic E-state index is 0.238. The van der Waals surface area contributed by atoms with E-state index in [1.165, 1.54) is 0 Å². The predicted molar refractivity (Wildman–Crippen MR) is 66.0 cm³/mol. The van der Waals surface area contributed by atoms with Crippen molar-refractivity contribution in [2.24, 2.45) is 0 Å². The molecule has 2 aromatic rings. The van der Waals surface area contributed by atoms with E-state index in [9.17, 15) is 0 Å². The zero-order valence-electron chi connectivity index (χ0n) is 10.4. The molecule has 0 atom stereocenters. The van der Waals surface area contributed by atoms with Gasteiger partial charge in [-0.3, -0.25) is 0 Å². The molecule has 6 nitrogen and oxygen atoms in total. The number of nitrogen functional groups attached to an aromatic ring is 1. The van der Waals surface area contributed by atoms with Gasteiger partial charge < -0.3 is 24.5 Å². The predicted octanol–water partition coefficient (Wildman–Crippen LogP) is 1.95. The zero-order chi connectivity index (χ0) is 13.1. The van der Waals surface area contributed by atoms with E-state index >= 15 is 0 Å². The van der Waals surface area contributed by atoms with E-state index in [-0.39, 0.29) is 5.88 Å². The second-order valence-corrected chi connectivity index (χ2v) is 3.52. The van der Waals surface area contributed by atoms with Crippen LogP contribution < -0.4 is 19.9 Å². The summed E-state index contributed by atoms with van der Waals surface area (Å²) in [6, 6.07) is 5.10. The van der Waals surface area contributed by atoms with Crippen molar-refractivity contribution in [2.75, 3.05) is 27.1 Å². The molecule has 1 heterocycles. The largest absolute Gasteiger partial charge is 0.496 e. The highest BCUT2D eigenvalue weighted by atomic mass is 16.5. The van der Waals surface area contributed by atoms with Crippen molar-refractivity contribution < 1.29 is 18.7 Å². The van der Waals surface area contributed by atoms with Gasteiger partial charge >= 0.3 is 0 Å². The van der Waals surface area contributed by atoms with Crippen molar-refractivity contribution >= 4 is 5.88 Å². The topological polar surface area (TPSA) is 79.7 Å². The molecule has 0 amide bonds. The molecular weight excluding hydrogens is 236 g/mol. The summed E-state index contributed by atoms with van der Waals surface area (Å²) in [6.07, 6.45) is 0. The molecule has 0 saturated heterocycles. The second-order valence-electron chi connectivity index (χ2n) is 3.52. The van der Waals surface area contributed by atoms with E-state index in [0.717, 1.165) is 5.56 Å². The minimum atomic E-state index is 0.238. The molecule has 0 fully saturated rings. The molecule has 0 aliphatic heterocycles. The van der Waals surface area contributed by atoms with E-state index in [4.69, 9.17) is 24.5 Å². The van der Waals surface area contributed by atoms with Gasteiger partial charge in [0.1, 0.15) is 11.4 Å². The van der Waals surface area contributed by atoms with Gasteiger partial charge in [-0.2, -0.15) is 0 Å². The molecule has 96 valence electrons. The van der Waals surface area contributed by atoms with E-state index < -0.39 is 0 Å². The number of hydrogen-bond donors (Lipinski definition) is 1. The van der Waals surface area contributed by atoms with Gasteiger partial charge in [-0.05, 0) is 6.07 Å². The molecule has 2 N–H and O–H groups in total. The van der Waals surface area contributed by atoms with Crippen LogP contribution in [0, 0.1) is 0 Å². The summed E-state index contributed by atoms with van der Waals surface area (Å²) in [7, 11) is 4.69. The number of nitrogens with two attached hydrogens (primary N) is 1. The fourth-order valence-corrected chi connectivity index (χ4v) is 1.65. The first kappa shape index (κ1) is 12.1. The van der Waals surface area contributed by atoms with E-state index in [1.807, 2.05) is 0 Å². The number of nitrogens with zero attached hydrogens (tertiary/aromatic N) is 1. The molecular formula is C12H14N2O4. The van der Waals surface area contributed by atoms with Gasteiger partial charge in [0.2, 0.25) is 5.88 Å². The van der Waals surface area contributed by atoms with E-state index in [1.54, 1.807) is 39.5 Å². The quantitative estimate of drug-likeness (QED) is 0.893. The average molecular weight is 250 g/mol. The molecule has 0 saturated carbocycles. The van der Waals surface area contributed by atoms with Gasteiger partial charge in [-0.25, -0.2) is 0 Å². The number of hydrogen-bond acceptors (Lipinski definition) is 6. The minimum Gasteiger partial charge on any atom is -0.496 e. The van der Waals surface area contributed by atoms with Crippen molar-refractivity contribution in [1.29, 1.82) is 0 Å². The van der Waals surface area contributed by atoms with Crippen LogP contribution in [0.5, 0.6) is 17.2 Å². The van der Waals surface area contributed by atoms with Crippen LogP contribution in [0.1, 0.15) is 0 Å². The Kier molecular flexibility index (Phi) is 3.27. The van der Waals surface area contributed by atoms with Crippen molar-refractivity contribution in [3.63, 3.8) is 0 Å². The lowest BCUT2D eigenvalue weighted by atomic mass is 10.1. The number of rotatable bonds is 4. The van der Waals surface area contributed by atoms with Crippen LogP contribution in [0.25, 0.3) is 11.3 Å². The molecule has 0 spiro atoms. The van der Waals surface area contributed by atoms with Crippen molar-refractivity contribution in [2.45, 2.75) is 0 Å². The van der Waals surface area contributed by atoms with Crippen molar-refractivity contribution in [3.8, 4) is 28.5 Å². The Balaban J connectivity index is 2.58. The summed E-state index contributed by atoms with van der Waals surface area (Å²) in [5, 5.41) is 3.85. The Bertz CT molecular complexity index is 551. The Labute approximate surface area is 104 Å². The van der Waals surface area contributed by atoms with Crippen LogP contribution in [0.15, 0.2) is 22.7 Å². The van der Waals surface area contributed by atoms with Crippen molar-refractivity contribution in [3.05, 3.63) is 18.2 Å². The molecule has 0 aliphatic rings. The lowest BCUT2D eigenvalue weighted by molar-refractivity contribution is 0.349. The molecule has 0 aliphatic carbocycles. The van der Waals surface area contributed by atoms with Crippen molar-refractivity contribution in [1.82, 2.24) is 5.16 Å². The van der Waals surface area contributed by atoms with E-state index in [0.29, 0.717) is 22.9 Å². The highest BCUT2D eigenvalue weighted by molar-refractivity contribution is 5.72. The Hall–Kier alpha value is -2.37. The standard InChI is InChI=1S/C12H14N2O4/c1-15-9-6-11(17-3)10(16-2)4-7(9)8-5-12(13)18-14-8/h4-6H,13H2,1-3H3. The third kappa shape index (κ3) is 2.04. The first-order valence-corrected chi connectivity index (χ1v) is 5.22. The van der Waals surface area contributed by atoms with Crippen LogP contribution in [-0.4, -0.2) is 26.5 Å². The number of benzene rings is 1. The normalized spacial score (nSPS) is 10.2. The van der Waals surface area contributed by atoms with Crippen LogP contribution in [-0.2, 0) is 0 Å². The highest BCUT2D eigenvalue weighted by Gasteiger charge is 2.16. The summed E-state index contributed by atoms with van der Waals surface area (Å²) < 4.78 is 20.6. The lowest BCUT2D eigenvalue weighted by Crippen LogP contribution is -1.94. The van der Waals surface area contributed by atoms with E-state index in [2.05, 4.69) is 5.16 Å². The molecule has 18 heavy (non-hydrogen) atoms. The molecule has 2 rings (SSSR count). The van der Waals surface area contributed by atoms with Crippen LogP contribution in [0.2, 0.25) is 0 Å². The van der Waals surface area contributed by atoms with Gasteiger partial charge in [0.15, 0.2) is 11.5 Å². The number of aromatic nitrogens is 1. The molecule has 6 heteroatoms. The lowest BCUT2D eigenvalue weighted by Gasteiger charge is -2.12. The SMILES string of the molecule is COc1cc(OC)c(-c2cc(N)on2)cc1OC. The summed E-state index contributed by atoms with van der Waals surface area (Å²) >= 11 is 0. The third-order valence-electron chi connectivity index (χ3n) is 2.51. The molecule has 1 aromatic heterocycles. The first-order valence-electron chi connectivity index (χ1n) is 5.22. The smallest absolute Gasteiger partial charge is 0.222 e. The van der Waals surface area contributed by atoms with Crippen LogP contribution in [0.4, 0.5) is 5.88 Å². The zero-order valence-corrected chi connectivity index (χ0v) is 10.4. The average Bonchev–Trinajstić information content (AvgIpc) is 2.83. The molecule has 0 bridgehead atoms. The molecule has 1 aromatic carbocycles. The summed E-state index contributed by atoms with van der Waals surface area (Å²) in [4.78, 5) is 0. The van der Waals surface area contributed by atoms with Gasteiger partial charge in [0.25, 0.3) is 0 Å². The summed E-state index contributed by atoms with van der Waals surface area (Å²) in [5.74, 6) is 1.99. The van der Waals surface area contributed by atoms with Gasteiger partial charge in [0.05, 0.1) is 21.3 Å². The maximum Gasteiger partial charge on any atom is 0.222 e. The summed E-state index contributed by atoms with van der Waals surface area (Å²) in [5.41, 5.74) is 6.80. The molecule has 0 radical (unpaired) electrons. The Morgan fingerprint density at radius 1 is 0.944 bits per heavy atom. The Morgan fingerprint density at radius 2 is 1.56 bits per heavy atom. The fourth-order valence-electron chi connectivity index (χ4n) is 1.65. The Morgan fingerprint density at radius 3 is 2.06 bits per heavy atom. The summed E-state index contributed by atoms with van der Waals surface area (Å²) in [6.45, 7) is 0. The van der Waals surface area contributed by atoms with Gasteiger partial charge in [0, 0.05) is 17.7 Å².